The Morgan fingerprint density at radius 3 is 2.94 bits per heavy atom. The molecule has 2 heterocycles. The lowest BCUT2D eigenvalue weighted by Crippen LogP contribution is -2.30. The number of nitrogen functional groups attached to an aromatic ring is 1. The van der Waals surface area contributed by atoms with Crippen LogP contribution >= 0.6 is 0 Å². The highest BCUT2D eigenvalue weighted by Crippen LogP contribution is 1.93. The van der Waals surface area contributed by atoms with Crippen LogP contribution in [0.25, 0.3) is 0 Å². The van der Waals surface area contributed by atoms with Crippen LogP contribution in [0.2, 0.25) is 0 Å². The predicted molar refractivity (Wildman–Crippen MR) is 51.7 cm³/mol. The zero-order valence-corrected chi connectivity index (χ0v) is 8.32. The summed E-state index contributed by atoms with van der Waals surface area (Å²) in [6.45, 7) is 1.15. The molecule has 3 N–H and O–H groups in total. The number of carbonyl (C=O) groups is 1. The Balaban J connectivity index is 1.95. The molecule has 84 valence electrons. The van der Waals surface area contributed by atoms with Gasteiger partial charge >= 0.3 is 0 Å². The summed E-state index contributed by atoms with van der Waals surface area (Å²) in [4.78, 5) is 14.9. The van der Waals surface area contributed by atoms with E-state index in [1.807, 2.05) is 5.43 Å². The van der Waals surface area contributed by atoms with Crippen molar-refractivity contribution in [3.8, 4) is 0 Å². The largest absolute Gasteiger partial charge is 0.289 e. The molecule has 2 aromatic heterocycles. The van der Waals surface area contributed by atoms with Crippen LogP contribution in [0.5, 0.6) is 0 Å². The number of aromatic nitrogens is 6. The number of hydrogen-bond donors (Lipinski definition) is 2. The fourth-order valence-corrected chi connectivity index (χ4v) is 1.14. The fourth-order valence-electron chi connectivity index (χ4n) is 1.14. The molecule has 9 heteroatoms. The predicted octanol–water partition coefficient (Wildman–Crippen LogP) is -1.83. The van der Waals surface area contributed by atoms with E-state index in [1.54, 1.807) is 11.0 Å². The Morgan fingerprint density at radius 2 is 2.25 bits per heavy atom. The lowest BCUT2D eigenvalue weighted by molar-refractivity contribution is 0.0948. The first-order valence-corrected chi connectivity index (χ1v) is 4.53. The first kappa shape index (κ1) is 10.2. The number of nitrogens with one attached hydrogen (secondary N) is 1. The average Bonchev–Trinajstić information content (AvgIpc) is 2.96. The van der Waals surface area contributed by atoms with Gasteiger partial charge in [-0.05, 0) is 0 Å². The minimum Gasteiger partial charge on any atom is -0.289 e. The van der Waals surface area contributed by atoms with E-state index in [4.69, 9.17) is 5.84 Å². The van der Waals surface area contributed by atoms with Crippen molar-refractivity contribution < 1.29 is 4.79 Å². The molecule has 0 atom stereocenters. The monoisotopic (exact) mass is 222 g/mol. The standard InChI is InChI=1S/C7H10N8O/c8-11-7(16)6-3-14(13-12-6)1-2-15-5-9-4-10-15/h3-5H,1-2,8H2,(H,11,16). The molecule has 0 bridgehead atoms. The van der Waals surface area contributed by atoms with Crippen molar-refractivity contribution in [2.24, 2.45) is 5.84 Å². The maximum Gasteiger partial charge on any atom is 0.287 e. The molecule has 0 radical (unpaired) electrons. The second-order valence-corrected chi connectivity index (χ2v) is 3.00. The number of aryl methyl sites for hydroxylation is 2. The highest BCUT2D eigenvalue weighted by Gasteiger charge is 2.08. The van der Waals surface area contributed by atoms with Gasteiger partial charge in [-0.1, -0.05) is 5.21 Å². The van der Waals surface area contributed by atoms with Crippen LogP contribution in [0.3, 0.4) is 0 Å². The van der Waals surface area contributed by atoms with Crippen molar-refractivity contribution in [3.63, 3.8) is 0 Å². The zero-order valence-electron chi connectivity index (χ0n) is 8.32. The molecule has 0 aromatic carbocycles. The molecule has 2 aromatic rings. The quantitative estimate of drug-likeness (QED) is 0.357. The Labute approximate surface area is 90.2 Å². The molecule has 0 aliphatic rings. The zero-order chi connectivity index (χ0) is 11.4. The lowest BCUT2D eigenvalue weighted by Gasteiger charge is -1.99. The number of nitrogens with two attached hydrogens (primary N) is 1. The third-order valence-corrected chi connectivity index (χ3v) is 1.93. The molecule has 0 aliphatic heterocycles. The van der Waals surface area contributed by atoms with Crippen LogP contribution < -0.4 is 11.3 Å². The molecule has 0 unspecified atom stereocenters. The number of rotatable bonds is 4. The van der Waals surface area contributed by atoms with Crippen LogP contribution in [-0.4, -0.2) is 35.7 Å². The van der Waals surface area contributed by atoms with Gasteiger partial charge < -0.3 is 0 Å². The minimum absolute atomic E-state index is 0.182. The van der Waals surface area contributed by atoms with Crippen LogP contribution in [0, 0.1) is 0 Å². The summed E-state index contributed by atoms with van der Waals surface area (Å²) >= 11 is 0. The number of hydrazine groups is 1. The molecule has 0 aliphatic carbocycles. The molecule has 0 saturated heterocycles. The Bertz CT molecular complexity index is 460. The molecule has 0 spiro atoms. The van der Waals surface area contributed by atoms with E-state index in [-0.39, 0.29) is 5.69 Å². The van der Waals surface area contributed by atoms with Gasteiger partial charge in [0.25, 0.3) is 5.91 Å². The Kier molecular flexibility index (Phi) is 2.87. The summed E-state index contributed by atoms with van der Waals surface area (Å²) in [5, 5.41) is 11.4. The topological polar surface area (TPSA) is 117 Å². The second kappa shape index (κ2) is 4.49. The highest BCUT2D eigenvalue weighted by molar-refractivity contribution is 5.91. The van der Waals surface area contributed by atoms with Crippen LogP contribution in [-0.2, 0) is 13.1 Å². The number of hydrogen-bond acceptors (Lipinski definition) is 6. The van der Waals surface area contributed by atoms with Gasteiger partial charge in [0, 0.05) is 0 Å². The van der Waals surface area contributed by atoms with Gasteiger partial charge in [0.15, 0.2) is 5.69 Å². The van der Waals surface area contributed by atoms with E-state index in [0.29, 0.717) is 13.1 Å². The molecule has 1 amide bonds. The number of nitrogens with zero attached hydrogens (tertiary/aromatic N) is 6. The third-order valence-electron chi connectivity index (χ3n) is 1.93. The summed E-state index contributed by atoms with van der Waals surface area (Å²) < 4.78 is 3.19. The van der Waals surface area contributed by atoms with Crippen molar-refractivity contribution >= 4 is 5.91 Å². The molecule has 16 heavy (non-hydrogen) atoms. The van der Waals surface area contributed by atoms with Crippen molar-refractivity contribution in [2.45, 2.75) is 13.1 Å². The van der Waals surface area contributed by atoms with Gasteiger partial charge in [-0.15, -0.1) is 5.10 Å². The van der Waals surface area contributed by atoms with E-state index in [9.17, 15) is 4.79 Å². The van der Waals surface area contributed by atoms with Crippen molar-refractivity contribution in [1.29, 1.82) is 0 Å². The molecular formula is C7H10N8O. The van der Waals surface area contributed by atoms with E-state index in [1.165, 1.54) is 17.2 Å². The van der Waals surface area contributed by atoms with Gasteiger partial charge in [-0.3, -0.25) is 14.9 Å². The van der Waals surface area contributed by atoms with E-state index >= 15 is 0 Å². The van der Waals surface area contributed by atoms with E-state index < -0.39 is 5.91 Å². The average molecular weight is 222 g/mol. The summed E-state index contributed by atoms with van der Waals surface area (Å²) in [5.74, 6) is 4.50. The summed E-state index contributed by atoms with van der Waals surface area (Å²) in [5.41, 5.74) is 2.16. The van der Waals surface area contributed by atoms with E-state index in [0.717, 1.165) is 0 Å². The number of amides is 1. The maximum absolute atomic E-state index is 11.1. The molecule has 0 fully saturated rings. The first-order valence-electron chi connectivity index (χ1n) is 4.53. The second-order valence-electron chi connectivity index (χ2n) is 3.00. The number of carbonyl (C=O) groups excluding carboxylic acids is 1. The summed E-state index contributed by atoms with van der Waals surface area (Å²) in [6, 6.07) is 0. The van der Waals surface area contributed by atoms with Gasteiger partial charge in [-0.25, -0.2) is 15.5 Å². The van der Waals surface area contributed by atoms with Gasteiger partial charge in [0.1, 0.15) is 12.7 Å². The van der Waals surface area contributed by atoms with Crippen LogP contribution in [0.4, 0.5) is 0 Å². The molecule has 9 nitrogen and oxygen atoms in total. The fraction of sp³-hybridized carbons (Fsp3) is 0.286. The Hall–Kier alpha value is -2.29. The van der Waals surface area contributed by atoms with Gasteiger partial charge in [0.2, 0.25) is 0 Å². The third kappa shape index (κ3) is 2.20. The van der Waals surface area contributed by atoms with Crippen molar-refractivity contribution in [2.75, 3.05) is 0 Å². The van der Waals surface area contributed by atoms with Crippen molar-refractivity contribution in [3.05, 3.63) is 24.5 Å². The summed E-state index contributed by atoms with van der Waals surface area (Å²) in [6.07, 6.45) is 4.57. The highest BCUT2D eigenvalue weighted by atomic mass is 16.2. The lowest BCUT2D eigenvalue weighted by atomic mass is 10.4. The molecule has 2 rings (SSSR count). The van der Waals surface area contributed by atoms with E-state index in [2.05, 4.69) is 20.4 Å². The normalized spacial score (nSPS) is 10.3. The molecular weight excluding hydrogens is 212 g/mol. The maximum atomic E-state index is 11.1. The Morgan fingerprint density at radius 1 is 1.44 bits per heavy atom. The van der Waals surface area contributed by atoms with Crippen LogP contribution in [0.1, 0.15) is 10.5 Å². The smallest absolute Gasteiger partial charge is 0.287 e. The van der Waals surface area contributed by atoms with Crippen LogP contribution in [0.15, 0.2) is 18.9 Å². The van der Waals surface area contributed by atoms with Crippen molar-refractivity contribution in [1.82, 2.24) is 35.2 Å². The first-order chi connectivity index (χ1) is 7.79. The minimum atomic E-state index is -0.466. The van der Waals surface area contributed by atoms with Gasteiger partial charge in [0.05, 0.1) is 19.3 Å². The summed E-state index contributed by atoms with van der Waals surface area (Å²) in [7, 11) is 0. The van der Waals surface area contributed by atoms with Gasteiger partial charge in [-0.2, -0.15) is 5.10 Å². The molecule has 0 saturated carbocycles. The SMILES string of the molecule is NNC(=O)c1cn(CCn2cncn2)nn1.